The molecular formula is C20H24BFN4O2. The molecule has 6 nitrogen and oxygen atoms in total. The Hall–Kier alpha value is -2.87. The van der Waals surface area contributed by atoms with Crippen LogP contribution in [-0.4, -0.2) is 49.2 Å². The molecule has 3 N–H and O–H groups in total. The molecule has 0 radical (unpaired) electrons. The van der Waals surface area contributed by atoms with Gasteiger partial charge in [0.2, 0.25) is 0 Å². The predicted molar refractivity (Wildman–Crippen MR) is 111 cm³/mol. The van der Waals surface area contributed by atoms with Crippen LogP contribution >= 0.6 is 0 Å². The second-order valence-electron chi connectivity index (χ2n) is 7.02. The number of carbonyl (C=O) groups excluding carboxylic acids is 2. The van der Waals surface area contributed by atoms with Gasteiger partial charge in [-0.15, -0.1) is 0 Å². The van der Waals surface area contributed by atoms with Gasteiger partial charge in [0, 0.05) is 35.7 Å². The first kappa shape index (κ1) is 19.9. The lowest BCUT2D eigenvalue weighted by Gasteiger charge is -2.14. The first-order valence-electron chi connectivity index (χ1n) is 9.30. The average Bonchev–Trinajstić information content (AvgIpc) is 3.11. The number of halogens is 1. The van der Waals surface area contributed by atoms with E-state index in [1.54, 1.807) is 12.1 Å². The summed E-state index contributed by atoms with van der Waals surface area (Å²) in [6, 6.07) is 4.19. The molecule has 0 fully saturated rings. The molecule has 1 aromatic carbocycles. The third-order valence-corrected chi connectivity index (χ3v) is 5.08. The molecule has 0 saturated heterocycles. The van der Waals surface area contributed by atoms with Crippen molar-refractivity contribution in [1.82, 2.24) is 15.1 Å². The van der Waals surface area contributed by atoms with Crippen LogP contribution in [0.1, 0.15) is 39.8 Å². The van der Waals surface area contributed by atoms with E-state index in [4.69, 9.17) is 0 Å². The zero-order valence-corrected chi connectivity index (χ0v) is 16.6. The molecule has 0 saturated carbocycles. The first-order valence-corrected chi connectivity index (χ1v) is 9.30. The molecule has 2 amide bonds. The molecule has 0 spiro atoms. The number of carbonyl (C=O) groups is 2. The fourth-order valence-corrected chi connectivity index (χ4v) is 3.31. The third kappa shape index (κ3) is 3.87. The Morgan fingerprint density at radius 1 is 1.36 bits per heavy atom. The fraction of sp³-hybridized carbons (Fsp3) is 0.300. The first-order chi connectivity index (χ1) is 13.3. The summed E-state index contributed by atoms with van der Waals surface area (Å²) >= 11 is 0. The molecule has 146 valence electrons. The van der Waals surface area contributed by atoms with Gasteiger partial charge in [-0.2, -0.15) is 0 Å². The van der Waals surface area contributed by atoms with E-state index in [1.165, 1.54) is 12.1 Å². The van der Waals surface area contributed by atoms with E-state index in [0.717, 1.165) is 24.3 Å². The van der Waals surface area contributed by atoms with Crippen LogP contribution in [0.3, 0.4) is 0 Å². The molecule has 8 heteroatoms. The van der Waals surface area contributed by atoms with Gasteiger partial charge < -0.3 is 20.4 Å². The Balaban J connectivity index is 1.87. The van der Waals surface area contributed by atoms with E-state index in [0.29, 0.717) is 34.6 Å². The van der Waals surface area contributed by atoms with Crippen molar-refractivity contribution in [2.24, 2.45) is 0 Å². The van der Waals surface area contributed by atoms with E-state index in [-0.39, 0.29) is 11.8 Å². The minimum atomic E-state index is -0.405. The summed E-state index contributed by atoms with van der Waals surface area (Å²) in [5.41, 5.74) is 4.18. The van der Waals surface area contributed by atoms with Gasteiger partial charge in [0.15, 0.2) is 7.98 Å². The highest BCUT2D eigenvalue weighted by Gasteiger charge is 2.26. The lowest BCUT2D eigenvalue weighted by atomic mass is 10.0. The van der Waals surface area contributed by atoms with Crippen LogP contribution in [-0.2, 0) is 4.79 Å². The Morgan fingerprint density at radius 3 is 2.82 bits per heavy atom. The largest absolute Gasteiger partial charge is 0.358 e. The number of likely N-dealkylation sites (N-methyl/N-ethyl adjacent to an activating group) is 1. The molecule has 2 aromatic rings. The van der Waals surface area contributed by atoms with Gasteiger partial charge in [0.05, 0.1) is 11.1 Å². The van der Waals surface area contributed by atoms with Crippen molar-refractivity contribution in [2.75, 3.05) is 25.0 Å². The number of anilines is 1. The number of nitrogens with zero attached hydrogens (tertiary/aromatic N) is 1. The van der Waals surface area contributed by atoms with Gasteiger partial charge in [-0.3, -0.25) is 9.59 Å². The van der Waals surface area contributed by atoms with Crippen molar-refractivity contribution in [3.8, 4) is 0 Å². The Bertz CT molecular complexity index is 967. The van der Waals surface area contributed by atoms with Crippen molar-refractivity contribution in [3.63, 3.8) is 0 Å². The highest BCUT2D eigenvalue weighted by molar-refractivity contribution is 6.34. The Kier molecular flexibility index (Phi) is 5.69. The summed E-state index contributed by atoms with van der Waals surface area (Å²) in [6.07, 6.45) is 1.67. The standard InChI is InChI=1S/C20H24BFN4O2/c1-4-26(21)8-7-23-20(28)18-11(2)17(24-12(18)3)10-15-14-9-13(22)5-6-16(14)25-19(15)27/h5-6,9-10,24H,4,7-8,21H2,1-3H3,(H,23,28)(H,25,27)/b15-10-. The molecular weight excluding hydrogens is 358 g/mol. The van der Waals surface area contributed by atoms with Gasteiger partial charge in [0.1, 0.15) is 5.82 Å². The molecule has 1 aliphatic rings. The van der Waals surface area contributed by atoms with Crippen LogP contribution in [0.15, 0.2) is 18.2 Å². The van der Waals surface area contributed by atoms with Crippen molar-refractivity contribution in [1.29, 1.82) is 0 Å². The highest BCUT2D eigenvalue weighted by atomic mass is 19.1. The Labute approximate surface area is 164 Å². The van der Waals surface area contributed by atoms with Crippen LogP contribution in [0.5, 0.6) is 0 Å². The number of rotatable bonds is 6. The number of aryl methyl sites for hydroxylation is 1. The number of aromatic amines is 1. The number of nitrogens with one attached hydrogen (secondary N) is 3. The van der Waals surface area contributed by atoms with Gasteiger partial charge in [-0.25, -0.2) is 4.39 Å². The molecule has 1 aliphatic heterocycles. The smallest absolute Gasteiger partial charge is 0.256 e. The van der Waals surface area contributed by atoms with Crippen molar-refractivity contribution < 1.29 is 14.0 Å². The maximum atomic E-state index is 13.6. The average molecular weight is 382 g/mol. The minimum Gasteiger partial charge on any atom is -0.358 e. The summed E-state index contributed by atoms with van der Waals surface area (Å²) < 4.78 is 13.6. The summed E-state index contributed by atoms with van der Waals surface area (Å²) in [5, 5.41) is 5.67. The molecule has 3 rings (SSSR count). The molecule has 1 aromatic heterocycles. The van der Waals surface area contributed by atoms with E-state index in [1.807, 2.05) is 21.8 Å². The number of hydrogen-bond donors (Lipinski definition) is 3. The molecule has 2 heterocycles. The lowest BCUT2D eigenvalue weighted by Crippen LogP contribution is -2.33. The summed E-state index contributed by atoms with van der Waals surface area (Å²) in [5.74, 6) is -0.846. The number of fused-ring (bicyclic) bond motifs is 1. The lowest BCUT2D eigenvalue weighted by molar-refractivity contribution is -0.110. The quantitative estimate of drug-likeness (QED) is 0.527. The number of H-pyrrole nitrogens is 1. The summed E-state index contributed by atoms with van der Waals surface area (Å²) in [6.45, 7) is 7.96. The third-order valence-electron chi connectivity index (χ3n) is 5.08. The minimum absolute atomic E-state index is 0.150. The molecule has 28 heavy (non-hydrogen) atoms. The Morgan fingerprint density at radius 2 is 2.11 bits per heavy atom. The van der Waals surface area contributed by atoms with E-state index in [9.17, 15) is 14.0 Å². The van der Waals surface area contributed by atoms with Crippen molar-refractivity contribution in [3.05, 3.63) is 52.1 Å². The van der Waals surface area contributed by atoms with Crippen LogP contribution < -0.4 is 10.6 Å². The zero-order valence-electron chi connectivity index (χ0n) is 16.6. The van der Waals surface area contributed by atoms with Crippen LogP contribution in [0.2, 0.25) is 0 Å². The topological polar surface area (TPSA) is 77.2 Å². The van der Waals surface area contributed by atoms with E-state index in [2.05, 4.69) is 27.4 Å². The molecule has 0 atom stereocenters. The second-order valence-corrected chi connectivity index (χ2v) is 7.02. The van der Waals surface area contributed by atoms with Gasteiger partial charge in [-0.1, -0.05) is 6.92 Å². The monoisotopic (exact) mass is 382 g/mol. The van der Waals surface area contributed by atoms with Crippen LogP contribution in [0, 0.1) is 19.7 Å². The zero-order chi connectivity index (χ0) is 20.4. The molecule has 0 aliphatic carbocycles. The van der Waals surface area contributed by atoms with Gasteiger partial charge in [-0.05, 0) is 50.2 Å². The molecule has 0 bridgehead atoms. The number of hydrogen-bond acceptors (Lipinski definition) is 3. The molecule has 0 unspecified atom stereocenters. The van der Waals surface area contributed by atoms with E-state index >= 15 is 0 Å². The normalized spacial score (nSPS) is 14.5. The van der Waals surface area contributed by atoms with Crippen LogP contribution in [0.25, 0.3) is 11.6 Å². The van der Waals surface area contributed by atoms with Gasteiger partial charge >= 0.3 is 0 Å². The van der Waals surface area contributed by atoms with E-state index < -0.39 is 5.82 Å². The van der Waals surface area contributed by atoms with Crippen LogP contribution in [0.4, 0.5) is 10.1 Å². The van der Waals surface area contributed by atoms with Crippen molar-refractivity contribution in [2.45, 2.75) is 20.8 Å². The highest BCUT2D eigenvalue weighted by Crippen LogP contribution is 2.34. The fourth-order valence-electron chi connectivity index (χ4n) is 3.31. The van der Waals surface area contributed by atoms with Gasteiger partial charge in [0.25, 0.3) is 11.8 Å². The van der Waals surface area contributed by atoms with Crippen molar-refractivity contribution >= 4 is 37.1 Å². The second kappa shape index (κ2) is 8.02. The predicted octanol–water partition coefficient (Wildman–Crippen LogP) is 1.86. The summed E-state index contributed by atoms with van der Waals surface area (Å²) in [7, 11) is 2.00. The number of benzene rings is 1. The maximum absolute atomic E-state index is 13.6. The maximum Gasteiger partial charge on any atom is 0.256 e. The number of aromatic nitrogens is 1. The SMILES string of the molecule is BN(CC)CCNC(=O)c1c(C)[nH]c(/C=C2\C(=O)Nc3ccc(F)cc32)c1C. The number of amides is 2. The summed E-state index contributed by atoms with van der Waals surface area (Å²) in [4.78, 5) is 30.2.